The number of aromatic nitrogens is 1. The van der Waals surface area contributed by atoms with E-state index in [4.69, 9.17) is 9.40 Å². The minimum Gasteiger partial charge on any atom is -0.472 e. The second-order valence-corrected chi connectivity index (χ2v) is 5.26. The van der Waals surface area contributed by atoms with Gasteiger partial charge in [-0.15, -0.1) is 0 Å². The number of para-hydroxylation sites is 1. The van der Waals surface area contributed by atoms with E-state index in [0.29, 0.717) is 0 Å². The van der Waals surface area contributed by atoms with E-state index in [2.05, 4.69) is 36.5 Å². The Morgan fingerprint density at radius 3 is 2.86 bits per heavy atom. The number of fused-ring (bicyclic) bond motifs is 1. The van der Waals surface area contributed by atoms with Crippen molar-refractivity contribution < 1.29 is 4.42 Å². The fourth-order valence-electron chi connectivity index (χ4n) is 2.53. The van der Waals surface area contributed by atoms with Crippen LogP contribution in [0, 0.1) is 0 Å². The Balaban J connectivity index is 1.83. The monoisotopic (exact) mass is 280 g/mol. The van der Waals surface area contributed by atoms with Crippen LogP contribution in [0.5, 0.6) is 0 Å². The molecule has 1 atom stereocenters. The van der Waals surface area contributed by atoms with Crippen molar-refractivity contribution in [3.8, 4) is 0 Å². The van der Waals surface area contributed by atoms with Crippen LogP contribution in [0.2, 0.25) is 0 Å². The van der Waals surface area contributed by atoms with Crippen LogP contribution in [0.15, 0.2) is 59.4 Å². The Morgan fingerprint density at radius 1 is 1.14 bits per heavy atom. The largest absolute Gasteiger partial charge is 0.472 e. The number of benzene rings is 1. The average molecular weight is 280 g/mol. The number of hydrogen-bond donors (Lipinski definition) is 1. The number of nitrogens with zero attached hydrogens (tertiary/aromatic N) is 1. The van der Waals surface area contributed by atoms with Gasteiger partial charge in [-0.1, -0.05) is 31.2 Å². The number of hydrogen-bond acceptors (Lipinski definition) is 3. The summed E-state index contributed by atoms with van der Waals surface area (Å²) in [7, 11) is 0. The second-order valence-electron chi connectivity index (χ2n) is 5.26. The third-order valence-corrected chi connectivity index (χ3v) is 3.66. The summed E-state index contributed by atoms with van der Waals surface area (Å²) in [5, 5.41) is 4.75. The molecular weight excluding hydrogens is 260 g/mol. The molecule has 1 aromatic carbocycles. The lowest BCUT2D eigenvalue weighted by molar-refractivity contribution is 0.509. The van der Waals surface area contributed by atoms with Gasteiger partial charge in [0.05, 0.1) is 18.0 Å². The summed E-state index contributed by atoms with van der Waals surface area (Å²) in [6.07, 6.45) is 5.52. The topological polar surface area (TPSA) is 38.1 Å². The summed E-state index contributed by atoms with van der Waals surface area (Å²) < 4.78 is 5.22. The van der Waals surface area contributed by atoms with Gasteiger partial charge in [-0.3, -0.25) is 4.98 Å². The summed E-state index contributed by atoms with van der Waals surface area (Å²) >= 11 is 0. The van der Waals surface area contributed by atoms with Crippen molar-refractivity contribution in [2.45, 2.75) is 25.8 Å². The van der Waals surface area contributed by atoms with E-state index in [-0.39, 0.29) is 6.04 Å². The summed E-state index contributed by atoms with van der Waals surface area (Å²) in [6, 6.07) is 14.8. The molecule has 108 valence electrons. The molecule has 0 aliphatic carbocycles. The average Bonchev–Trinajstić information content (AvgIpc) is 3.05. The van der Waals surface area contributed by atoms with Crippen LogP contribution < -0.4 is 5.32 Å². The highest BCUT2D eigenvalue weighted by Gasteiger charge is 2.13. The zero-order chi connectivity index (χ0) is 14.5. The Labute approximate surface area is 125 Å². The molecule has 3 heteroatoms. The quantitative estimate of drug-likeness (QED) is 0.738. The van der Waals surface area contributed by atoms with E-state index >= 15 is 0 Å². The lowest BCUT2D eigenvalue weighted by Gasteiger charge is -2.17. The summed E-state index contributed by atoms with van der Waals surface area (Å²) in [4.78, 5) is 4.76. The highest BCUT2D eigenvalue weighted by Crippen LogP contribution is 2.20. The first-order chi connectivity index (χ1) is 10.4. The Kier molecular flexibility index (Phi) is 4.31. The van der Waals surface area contributed by atoms with E-state index in [1.807, 2.05) is 24.5 Å². The summed E-state index contributed by atoms with van der Waals surface area (Å²) in [5.41, 5.74) is 3.33. The number of nitrogens with one attached hydrogen (secondary N) is 1. The first-order valence-electron chi connectivity index (χ1n) is 7.47. The zero-order valence-corrected chi connectivity index (χ0v) is 12.3. The van der Waals surface area contributed by atoms with Crippen LogP contribution in [-0.2, 0) is 6.42 Å². The Morgan fingerprint density at radius 2 is 2.05 bits per heavy atom. The van der Waals surface area contributed by atoms with Crippen LogP contribution in [0.4, 0.5) is 0 Å². The van der Waals surface area contributed by atoms with Crippen molar-refractivity contribution in [2.75, 3.05) is 6.54 Å². The Hall–Kier alpha value is -2.13. The number of rotatable bonds is 6. The zero-order valence-electron chi connectivity index (χ0n) is 12.3. The highest BCUT2D eigenvalue weighted by atomic mass is 16.3. The van der Waals surface area contributed by atoms with E-state index < -0.39 is 0 Å². The normalized spacial score (nSPS) is 12.6. The fraction of sp³-hybridized carbons (Fsp3) is 0.278. The molecule has 0 spiro atoms. The minimum absolute atomic E-state index is 0.248. The molecule has 0 fully saturated rings. The Bertz CT molecular complexity index is 691. The fourth-order valence-corrected chi connectivity index (χ4v) is 2.53. The molecule has 0 radical (unpaired) electrons. The first kappa shape index (κ1) is 13.8. The SMILES string of the molecule is CCCNC(Cc1ccc2ccccc2n1)c1ccoc1. The van der Waals surface area contributed by atoms with Crippen molar-refractivity contribution in [1.29, 1.82) is 0 Å². The van der Waals surface area contributed by atoms with Gasteiger partial charge in [-0.25, -0.2) is 0 Å². The molecule has 3 rings (SSSR count). The smallest absolute Gasteiger partial charge is 0.0950 e. The lowest BCUT2D eigenvalue weighted by Crippen LogP contribution is -2.24. The molecule has 0 saturated carbocycles. The molecule has 21 heavy (non-hydrogen) atoms. The first-order valence-corrected chi connectivity index (χ1v) is 7.47. The molecule has 0 saturated heterocycles. The van der Waals surface area contributed by atoms with Crippen molar-refractivity contribution in [3.63, 3.8) is 0 Å². The van der Waals surface area contributed by atoms with Gasteiger partial charge >= 0.3 is 0 Å². The maximum Gasteiger partial charge on any atom is 0.0950 e. The summed E-state index contributed by atoms with van der Waals surface area (Å²) in [6.45, 7) is 3.16. The molecule has 0 aliphatic rings. The maximum atomic E-state index is 5.22. The lowest BCUT2D eigenvalue weighted by atomic mass is 10.0. The molecule has 1 N–H and O–H groups in total. The molecule has 3 nitrogen and oxygen atoms in total. The van der Waals surface area contributed by atoms with Gasteiger partial charge in [-0.05, 0) is 31.2 Å². The summed E-state index contributed by atoms with van der Waals surface area (Å²) in [5.74, 6) is 0. The van der Waals surface area contributed by atoms with Crippen molar-refractivity contribution in [1.82, 2.24) is 10.3 Å². The second kappa shape index (κ2) is 6.55. The third-order valence-electron chi connectivity index (χ3n) is 3.66. The van der Waals surface area contributed by atoms with E-state index in [1.165, 1.54) is 10.9 Å². The predicted octanol–water partition coefficient (Wildman–Crippen LogP) is 4.11. The highest BCUT2D eigenvalue weighted by molar-refractivity contribution is 5.78. The minimum atomic E-state index is 0.248. The molecule has 3 aromatic rings. The molecule has 2 heterocycles. The van der Waals surface area contributed by atoms with E-state index in [9.17, 15) is 0 Å². The standard InChI is InChI=1S/C18H20N2O/c1-2-10-19-18(15-9-11-21-13-15)12-16-8-7-14-5-3-4-6-17(14)20-16/h3-9,11,13,18-19H,2,10,12H2,1H3. The van der Waals surface area contributed by atoms with Crippen LogP contribution in [0.1, 0.15) is 30.6 Å². The van der Waals surface area contributed by atoms with Crippen molar-refractivity contribution in [3.05, 3.63) is 66.2 Å². The number of pyridine rings is 1. The molecule has 0 bridgehead atoms. The van der Waals surface area contributed by atoms with Crippen LogP contribution in [-0.4, -0.2) is 11.5 Å². The van der Waals surface area contributed by atoms with E-state index in [1.54, 1.807) is 6.26 Å². The van der Waals surface area contributed by atoms with Crippen LogP contribution in [0.25, 0.3) is 10.9 Å². The number of furan rings is 1. The van der Waals surface area contributed by atoms with Gasteiger partial charge in [0.15, 0.2) is 0 Å². The molecule has 1 unspecified atom stereocenters. The maximum absolute atomic E-state index is 5.22. The molecule has 0 aliphatic heterocycles. The third kappa shape index (κ3) is 3.31. The van der Waals surface area contributed by atoms with Gasteiger partial charge in [0.2, 0.25) is 0 Å². The van der Waals surface area contributed by atoms with Gasteiger partial charge in [-0.2, -0.15) is 0 Å². The van der Waals surface area contributed by atoms with Gasteiger partial charge in [0.1, 0.15) is 0 Å². The molecular formula is C18H20N2O. The van der Waals surface area contributed by atoms with Crippen LogP contribution in [0.3, 0.4) is 0 Å². The van der Waals surface area contributed by atoms with Gasteiger partial charge in [0.25, 0.3) is 0 Å². The van der Waals surface area contributed by atoms with Crippen LogP contribution >= 0.6 is 0 Å². The predicted molar refractivity (Wildman–Crippen MR) is 85.2 cm³/mol. The molecule has 2 aromatic heterocycles. The molecule has 0 amide bonds. The van der Waals surface area contributed by atoms with Gasteiger partial charge in [0, 0.05) is 29.1 Å². The van der Waals surface area contributed by atoms with E-state index in [0.717, 1.165) is 30.6 Å². The van der Waals surface area contributed by atoms with Crippen molar-refractivity contribution in [2.24, 2.45) is 0 Å². The van der Waals surface area contributed by atoms with Crippen molar-refractivity contribution >= 4 is 10.9 Å². The van der Waals surface area contributed by atoms with Gasteiger partial charge < -0.3 is 9.73 Å².